The maximum atomic E-state index is 11.6. The van der Waals surface area contributed by atoms with Crippen molar-refractivity contribution in [3.8, 4) is 5.75 Å². The van der Waals surface area contributed by atoms with E-state index in [2.05, 4.69) is 15.0 Å². The highest BCUT2D eigenvalue weighted by atomic mass is 32.2. The minimum Gasteiger partial charge on any atom is -0.494 e. The fourth-order valence-corrected chi connectivity index (χ4v) is 4.11. The van der Waals surface area contributed by atoms with Crippen LogP contribution in [0, 0.1) is 17.0 Å². The summed E-state index contributed by atoms with van der Waals surface area (Å²) in [5.41, 5.74) is 3.77. The molecule has 2 N–H and O–H groups in total. The van der Waals surface area contributed by atoms with Crippen molar-refractivity contribution in [2.24, 2.45) is 0 Å². The minimum absolute atomic E-state index is 0.0438. The van der Waals surface area contributed by atoms with E-state index in [4.69, 9.17) is 4.74 Å². The number of anilines is 3. The van der Waals surface area contributed by atoms with Gasteiger partial charge in [0.25, 0.3) is 5.69 Å². The van der Waals surface area contributed by atoms with Crippen molar-refractivity contribution in [3.05, 3.63) is 70.3 Å². The van der Waals surface area contributed by atoms with E-state index < -0.39 is 14.9 Å². The number of ether oxygens (including phenoxy) is 1. The van der Waals surface area contributed by atoms with Crippen molar-refractivity contribution in [1.29, 1.82) is 0 Å². The Kier molecular flexibility index (Phi) is 5.31. The molecule has 32 heavy (non-hydrogen) atoms. The summed E-state index contributed by atoms with van der Waals surface area (Å²) in [7, 11) is -1.95. The maximum absolute atomic E-state index is 11.6. The lowest BCUT2D eigenvalue weighted by Crippen LogP contribution is -2.09. The van der Waals surface area contributed by atoms with E-state index in [1.807, 2.05) is 25.1 Å². The van der Waals surface area contributed by atoms with Crippen molar-refractivity contribution < 1.29 is 18.1 Å². The van der Waals surface area contributed by atoms with E-state index in [1.165, 1.54) is 19.2 Å². The van der Waals surface area contributed by atoms with Crippen LogP contribution in [0.4, 0.5) is 22.7 Å². The monoisotopic (exact) mass is 452 g/mol. The van der Waals surface area contributed by atoms with Gasteiger partial charge in [0.1, 0.15) is 5.75 Å². The fraction of sp³-hybridized carbons (Fsp3) is 0.136. The first-order valence-electron chi connectivity index (χ1n) is 9.56. The number of hydrogen-bond donors (Lipinski definition) is 2. The summed E-state index contributed by atoms with van der Waals surface area (Å²) in [5, 5.41) is 16.2. The van der Waals surface area contributed by atoms with Crippen LogP contribution in [0.5, 0.6) is 5.75 Å². The van der Waals surface area contributed by atoms with Gasteiger partial charge in [0, 0.05) is 29.0 Å². The Balaban J connectivity index is 1.91. The molecule has 0 aliphatic rings. The molecule has 4 rings (SSSR count). The number of benzene rings is 3. The Hall–Kier alpha value is -3.92. The van der Waals surface area contributed by atoms with Crippen LogP contribution in [0.25, 0.3) is 21.8 Å². The van der Waals surface area contributed by atoms with Crippen LogP contribution in [0.1, 0.15) is 5.56 Å². The van der Waals surface area contributed by atoms with E-state index >= 15 is 0 Å². The Morgan fingerprint density at radius 3 is 2.53 bits per heavy atom. The molecule has 0 unspecified atom stereocenters. The summed E-state index contributed by atoms with van der Waals surface area (Å²) in [5.74, 6) is 0.423. The fourth-order valence-electron chi connectivity index (χ4n) is 3.55. The van der Waals surface area contributed by atoms with Crippen LogP contribution < -0.4 is 14.8 Å². The summed E-state index contributed by atoms with van der Waals surface area (Å²) in [6, 6.07) is 15.2. The molecule has 0 radical (unpaired) electrons. The molecule has 0 saturated heterocycles. The molecule has 0 bridgehead atoms. The summed E-state index contributed by atoms with van der Waals surface area (Å²) in [6.07, 6.45) is 1.07. The van der Waals surface area contributed by atoms with Crippen molar-refractivity contribution in [2.45, 2.75) is 6.92 Å². The zero-order valence-electron chi connectivity index (χ0n) is 17.5. The standard InChI is InChI=1S/C22H20N4O5S/c1-13-5-4-6-17-21(13)24-19-12-15(26(27)28)8-9-16(19)22(17)23-18-10-7-14(11-20(18)31-2)25-32(3,29)30/h4-12,25H,1-3H3,(H,23,24). The normalized spacial score (nSPS) is 11.5. The molecule has 164 valence electrons. The van der Waals surface area contributed by atoms with Gasteiger partial charge in [-0.2, -0.15) is 0 Å². The number of nitro benzene ring substituents is 1. The van der Waals surface area contributed by atoms with Gasteiger partial charge in [0.2, 0.25) is 10.0 Å². The van der Waals surface area contributed by atoms with Gasteiger partial charge in [-0.3, -0.25) is 14.8 Å². The molecular formula is C22H20N4O5S. The van der Waals surface area contributed by atoms with Crippen LogP contribution in [0.2, 0.25) is 0 Å². The first-order valence-corrected chi connectivity index (χ1v) is 11.5. The van der Waals surface area contributed by atoms with Crippen LogP contribution in [-0.2, 0) is 10.0 Å². The third kappa shape index (κ3) is 4.12. The average molecular weight is 452 g/mol. The molecule has 0 amide bonds. The molecule has 1 heterocycles. The molecule has 9 nitrogen and oxygen atoms in total. The highest BCUT2D eigenvalue weighted by molar-refractivity contribution is 7.92. The lowest BCUT2D eigenvalue weighted by molar-refractivity contribution is -0.384. The number of fused-ring (bicyclic) bond motifs is 2. The van der Waals surface area contributed by atoms with E-state index in [0.29, 0.717) is 33.7 Å². The second kappa shape index (κ2) is 7.97. The smallest absolute Gasteiger partial charge is 0.271 e. The van der Waals surface area contributed by atoms with E-state index in [-0.39, 0.29) is 5.69 Å². The second-order valence-corrected chi connectivity index (χ2v) is 9.08. The van der Waals surface area contributed by atoms with Crippen molar-refractivity contribution in [2.75, 3.05) is 23.4 Å². The van der Waals surface area contributed by atoms with Gasteiger partial charge in [-0.05, 0) is 30.7 Å². The zero-order chi connectivity index (χ0) is 23.0. The van der Waals surface area contributed by atoms with Crippen LogP contribution in [0.15, 0.2) is 54.6 Å². The number of methoxy groups -OCH3 is 1. The number of nitro groups is 1. The quantitative estimate of drug-likeness (QED) is 0.246. The first-order chi connectivity index (χ1) is 15.2. The first kappa shape index (κ1) is 21.3. The Morgan fingerprint density at radius 1 is 1.06 bits per heavy atom. The number of nitrogens with one attached hydrogen (secondary N) is 2. The molecule has 4 aromatic rings. The van der Waals surface area contributed by atoms with E-state index in [0.717, 1.165) is 22.7 Å². The number of aromatic nitrogens is 1. The third-order valence-electron chi connectivity index (χ3n) is 4.97. The third-order valence-corrected chi connectivity index (χ3v) is 5.57. The number of aryl methyl sites for hydroxylation is 1. The Labute approximate surface area is 184 Å². The molecule has 0 saturated carbocycles. The van der Waals surface area contributed by atoms with Crippen LogP contribution >= 0.6 is 0 Å². The Morgan fingerprint density at radius 2 is 1.84 bits per heavy atom. The molecule has 1 aromatic heterocycles. The van der Waals surface area contributed by atoms with E-state index in [1.54, 1.807) is 24.3 Å². The SMILES string of the molecule is COc1cc(NS(C)(=O)=O)ccc1Nc1c2ccc([N+](=O)[O-])cc2nc2c(C)cccc12. The Bertz CT molecular complexity index is 1490. The summed E-state index contributed by atoms with van der Waals surface area (Å²) >= 11 is 0. The average Bonchev–Trinajstić information content (AvgIpc) is 2.73. The van der Waals surface area contributed by atoms with Gasteiger partial charge < -0.3 is 10.1 Å². The lowest BCUT2D eigenvalue weighted by atomic mass is 10.0. The van der Waals surface area contributed by atoms with Crippen molar-refractivity contribution in [3.63, 3.8) is 0 Å². The number of pyridine rings is 1. The molecule has 3 aromatic carbocycles. The number of non-ortho nitro benzene ring substituents is 1. The summed E-state index contributed by atoms with van der Waals surface area (Å²) in [6.45, 7) is 1.93. The summed E-state index contributed by atoms with van der Waals surface area (Å²) < 4.78 is 31.0. The van der Waals surface area contributed by atoms with Crippen molar-refractivity contribution in [1.82, 2.24) is 4.98 Å². The number of sulfonamides is 1. The van der Waals surface area contributed by atoms with Gasteiger partial charge in [0.05, 0.1) is 46.4 Å². The van der Waals surface area contributed by atoms with Crippen LogP contribution in [-0.4, -0.2) is 31.7 Å². The predicted octanol–water partition coefficient (Wildman–Crippen LogP) is 4.73. The predicted molar refractivity (Wildman–Crippen MR) is 125 cm³/mol. The summed E-state index contributed by atoms with van der Waals surface area (Å²) in [4.78, 5) is 15.5. The molecule has 0 aliphatic carbocycles. The lowest BCUT2D eigenvalue weighted by Gasteiger charge is -2.17. The molecular weight excluding hydrogens is 432 g/mol. The molecule has 0 fully saturated rings. The maximum Gasteiger partial charge on any atom is 0.271 e. The van der Waals surface area contributed by atoms with Gasteiger partial charge in [0.15, 0.2) is 0 Å². The molecule has 0 aliphatic heterocycles. The molecule has 0 atom stereocenters. The van der Waals surface area contributed by atoms with Gasteiger partial charge in [-0.1, -0.05) is 18.2 Å². The topological polar surface area (TPSA) is 123 Å². The van der Waals surface area contributed by atoms with Gasteiger partial charge in [-0.15, -0.1) is 0 Å². The molecule has 0 spiro atoms. The number of nitrogens with zero attached hydrogens (tertiary/aromatic N) is 2. The number of para-hydroxylation sites is 1. The van der Waals surface area contributed by atoms with E-state index in [9.17, 15) is 18.5 Å². The zero-order valence-corrected chi connectivity index (χ0v) is 18.4. The number of rotatable bonds is 6. The largest absolute Gasteiger partial charge is 0.494 e. The molecule has 10 heteroatoms. The van der Waals surface area contributed by atoms with Gasteiger partial charge in [-0.25, -0.2) is 13.4 Å². The van der Waals surface area contributed by atoms with Crippen molar-refractivity contribution >= 4 is 54.6 Å². The minimum atomic E-state index is -3.44. The highest BCUT2D eigenvalue weighted by Crippen LogP contribution is 2.38. The second-order valence-electron chi connectivity index (χ2n) is 7.33. The van der Waals surface area contributed by atoms with Crippen LogP contribution in [0.3, 0.4) is 0 Å². The highest BCUT2D eigenvalue weighted by Gasteiger charge is 2.16. The number of hydrogen-bond acceptors (Lipinski definition) is 7. The van der Waals surface area contributed by atoms with Gasteiger partial charge >= 0.3 is 0 Å².